The van der Waals surface area contributed by atoms with Gasteiger partial charge in [-0.3, -0.25) is 0 Å². The highest BCUT2D eigenvalue weighted by molar-refractivity contribution is 7.99. The van der Waals surface area contributed by atoms with E-state index < -0.39 is 0 Å². The molecule has 1 heterocycles. The van der Waals surface area contributed by atoms with Gasteiger partial charge in [-0.15, -0.1) is 11.8 Å². The van der Waals surface area contributed by atoms with Crippen LogP contribution in [0.25, 0.3) is 11.5 Å². The van der Waals surface area contributed by atoms with Crippen molar-refractivity contribution in [1.82, 2.24) is 15.5 Å². The van der Waals surface area contributed by atoms with Gasteiger partial charge in [-0.25, -0.2) is 0 Å². The summed E-state index contributed by atoms with van der Waals surface area (Å²) in [7, 11) is 1.92. The molecule has 1 aromatic heterocycles. The molecule has 4 nitrogen and oxygen atoms in total. The lowest BCUT2D eigenvalue weighted by Crippen LogP contribution is -2.24. The number of halogens is 1. The first-order valence-corrected chi connectivity index (χ1v) is 7.93. The molecule has 0 spiro atoms. The monoisotopic (exact) mass is 311 g/mol. The van der Waals surface area contributed by atoms with E-state index in [4.69, 9.17) is 16.1 Å². The second-order valence-corrected chi connectivity index (χ2v) is 6.23. The van der Waals surface area contributed by atoms with Gasteiger partial charge in [-0.05, 0) is 37.9 Å². The van der Waals surface area contributed by atoms with E-state index in [1.54, 1.807) is 11.8 Å². The number of aromatic nitrogens is 2. The average Bonchev–Trinajstić information content (AvgIpc) is 2.89. The summed E-state index contributed by atoms with van der Waals surface area (Å²) in [5.74, 6) is 2.21. The molecule has 1 atom stereocenters. The van der Waals surface area contributed by atoms with Crippen molar-refractivity contribution in [2.45, 2.75) is 31.2 Å². The van der Waals surface area contributed by atoms with Gasteiger partial charge >= 0.3 is 0 Å². The first kappa shape index (κ1) is 15.4. The lowest BCUT2D eigenvalue weighted by Gasteiger charge is -2.05. The molecule has 0 saturated carbocycles. The Morgan fingerprint density at radius 1 is 1.45 bits per heavy atom. The van der Waals surface area contributed by atoms with Crippen LogP contribution in [0.4, 0.5) is 0 Å². The summed E-state index contributed by atoms with van der Waals surface area (Å²) in [5.41, 5.74) is 0.903. The molecule has 0 amide bonds. The fraction of sp³-hybridized carbons (Fsp3) is 0.429. The zero-order chi connectivity index (χ0) is 14.5. The van der Waals surface area contributed by atoms with Gasteiger partial charge in [-0.1, -0.05) is 23.7 Å². The van der Waals surface area contributed by atoms with Crippen molar-refractivity contribution >= 4 is 23.4 Å². The number of thioether (sulfide) groups is 1. The second-order valence-electron chi connectivity index (χ2n) is 4.48. The van der Waals surface area contributed by atoms with E-state index in [-0.39, 0.29) is 0 Å². The first-order valence-electron chi connectivity index (χ1n) is 6.56. The summed E-state index contributed by atoms with van der Waals surface area (Å²) in [6.07, 6.45) is 0.733. The van der Waals surface area contributed by atoms with Crippen molar-refractivity contribution in [3.8, 4) is 11.5 Å². The molecule has 0 aliphatic rings. The number of likely N-dealkylation sites (N-methyl/N-ethyl adjacent to an activating group) is 1. The van der Waals surface area contributed by atoms with Gasteiger partial charge in [-0.2, -0.15) is 4.98 Å². The lowest BCUT2D eigenvalue weighted by molar-refractivity contribution is 0.417. The molecule has 108 valence electrons. The number of rotatable bonds is 6. The fourth-order valence-corrected chi connectivity index (χ4v) is 2.72. The van der Waals surface area contributed by atoms with Crippen molar-refractivity contribution < 1.29 is 4.52 Å². The average molecular weight is 312 g/mol. The number of hydrogen-bond acceptors (Lipinski definition) is 5. The van der Waals surface area contributed by atoms with Crippen molar-refractivity contribution in [3.05, 3.63) is 29.0 Å². The number of nitrogens with one attached hydrogen (secondary N) is 1. The van der Waals surface area contributed by atoms with Crippen molar-refractivity contribution in [2.24, 2.45) is 0 Å². The van der Waals surface area contributed by atoms with E-state index in [9.17, 15) is 0 Å². The van der Waals surface area contributed by atoms with Crippen molar-refractivity contribution in [2.75, 3.05) is 12.8 Å². The number of benzene rings is 1. The summed E-state index contributed by atoms with van der Waals surface area (Å²) >= 11 is 7.81. The van der Waals surface area contributed by atoms with Crippen LogP contribution >= 0.6 is 23.4 Å². The summed E-state index contributed by atoms with van der Waals surface area (Å²) in [6.45, 7) is 4.19. The highest BCUT2D eigenvalue weighted by atomic mass is 35.5. The first-order chi connectivity index (χ1) is 9.63. The normalized spacial score (nSPS) is 12.6. The molecule has 2 rings (SSSR count). The highest BCUT2D eigenvalue weighted by Gasteiger charge is 2.15. The van der Waals surface area contributed by atoms with Gasteiger partial charge in [0.2, 0.25) is 0 Å². The van der Waals surface area contributed by atoms with E-state index in [2.05, 4.69) is 29.3 Å². The Hall–Kier alpha value is -1.04. The summed E-state index contributed by atoms with van der Waals surface area (Å²) in [4.78, 5) is 5.57. The van der Waals surface area contributed by atoms with Crippen LogP contribution in [0, 0.1) is 0 Å². The van der Waals surface area contributed by atoms with E-state index in [0.29, 0.717) is 22.8 Å². The van der Waals surface area contributed by atoms with Crippen LogP contribution in [-0.4, -0.2) is 29.0 Å². The molecule has 0 radical (unpaired) electrons. The predicted molar refractivity (Wildman–Crippen MR) is 83.4 cm³/mol. The Balaban J connectivity index is 2.29. The van der Waals surface area contributed by atoms with Crippen molar-refractivity contribution in [1.29, 1.82) is 0 Å². The molecule has 0 aliphatic carbocycles. The van der Waals surface area contributed by atoms with Gasteiger partial charge in [0.15, 0.2) is 5.82 Å². The third-order valence-electron chi connectivity index (χ3n) is 2.92. The molecule has 2 aromatic rings. The summed E-state index contributed by atoms with van der Waals surface area (Å²) in [5, 5.41) is 7.86. The predicted octanol–water partition coefficient (Wildman–Crippen LogP) is 3.65. The SMILES string of the molecule is CCSc1ccc(Cl)cc1-c1nc(CC(C)NC)no1. The maximum Gasteiger partial charge on any atom is 0.259 e. The van der Waals surface area contributed by atoms with Crippen LogP contribution in [0.5, 0.6) is 0 Å². The molecular formula is C14H18ClN3OS. The molecule has 0 fully saturated rings. The van der Waals surface area contributed by atoms with Gasteiger partial charge < -0.3 is 9.84 Å². The second kappa shape index (κ2) is 7.11. The molecule has 0 aliphatic heterocycles. The smallest absolute Gasteiger partial charge is 0.259 e. The van der Waals surface area contributed by atoms with E-state index >= 15 is 0 Å². The number of nitrogens with zero attached hydrogens (tertiary/aromatic N) is 2. The van der Waals surface area contributed by atoms with Crippen molar-refractivity contribution in [3.63, 3.8) is 0 Å². The summed E-state index contributed by atoms with van der Waals surface area (Å²) in [6, 6.07) is 6.05. The minimum Gasteiger partial charge on any atom is -0.334 e. The minimum absolute atomic E-state index is 0.310. The Kier molecular flexibility index (Phi) is 5.46. The van der Waals surface area contributed by atoms with Gasteiger partial charge in [0.1, 0.15) is 0 Å². The fourth-order valence-electron chi connectivity index (χ4n) is 1.77. The van der Waals surface area contributed by atoms with Crippen LogP contribution in [-0.2, 0) is 6.42 Å². The Morgan fingerprint density at radius 3 is 2.95 bits per heavy atom. The molecule has 1 unspecified atom stereocenters. The number of hydrogen-bond donors (Lipinski definition) is 1. The topological polar surface area (TPSA) is 51.0 Å². The lowest BCUT2D eigenvalue weighted by atomic mass is 10.2. The molecular weight excluding hydrogens is 294 g/mol. The van der Waals surface area contributed by atoms with Crippen LogP contribution in [0.1, 0.15) is 19.7 Å². The standard InChI is InChI=1S/C14H18ClN3OS/c1-4-20-12-6-5-10(15)8-11(12)14-17-13(18-19-14)7-9(2)16-3/h5-6,8-9,16H,4,7H2,1-3H3. The van der Waals surface area contributed by atoms with E-state index in [1.165, 1.54) is 0 Å². The summed E-state index contributed by atoms with van der Waals surface area (Å²) < 4.78 is 5.38. The molecule has 1 aromatic carbocycles. The van der Waals surface area contributed by atoms with E-state index in [0.717, 1.165) is 22.6 Å². The maximum absolute atomic E-state index is 6.07. The quantitative estimate of drug-likeness (QED) is 0.825. The molecule has 20 heavy (non-hydrogen) atoms. The van der Waals surface area contributed by atoms with Gasteiger partial charge in [0.25, 0.3) is 5.89 Å². The molecule has 1 N–H and O–H groups in total. The van der Waals surface area contributed by atoms with Crippen LogP contribution < -0.4 is 5.32 Å². The zero-order valence-corrected chi connectivity index (χ0v) is 13.4. The molecule has 0 saturated heterocycles. The Morgan fingerprint density at radius 2 is 2.25 bits per heavy atom. The van der Waals surface area contributed by atoms with E-state index in [1.807, 2.05) is 25.2 Å². The third kappa shape index (κ3) is 3.75. The van der Waals surface area contributed by atoms with Crippen LogP contribution in [0.2, 0.25) is 5.02 Å². The highest BCUT2D eigenvalue weighted by Crippen LogP contribution is 2.32. The molecule has 6 heteroatoms. The maximum atomic E-state index is 6.07. The Labute approximate surface area is 128 Å². The molecule has 0 bridgehead atoms. The Bertz CT molecular complexity index is 573. The van der Waals surface area contributed by atoms with Gasteiger partial charge in [0.05, 0.1) is 5.56 Å². The van der Waals surface area contributed by atoms with Crippen LogP contribution in [0.15, 0.2) is 27.6 Å². The third-order valence-corrected chi connectivity index (χ3v) is 4.11. The largest absolute Gasteiger partial charge is 0.334 e. The van der Waals surface area contributed by atoms with Gasteiger partial charge in [0, 0.05) is 22.4 Å². The van der Waals surface area contributed by atoms with Crippen LogP contribution in [0.3, 0.4) is 0 Å². The zero-order valence-electron chi connectivity index (χ0n) is 11.8. The minimum atomic E-state index is 0.310.